The molecule has 1 rings (SSSR count). The van der Waals surface area contributed by atoms with Gasteiger partial charge < -0.3 is 10.0 Å². The highest BCUT2D eigenvalue weighted by atomic mass is 32.1. The smallest absolute Gasteiger partial charge is 0.323 e. The van der Waals surface area contributed by atoms with Crippen LogP contribution in [0, 0.1) is 0 Å². The highest BCUT2D eigenvalue weighted by Crippen LogP contribution is 2.15. The predicted molar refractivity (Wildman–Crippen MR) is 58.6 cm³/mol. The maximum atomic E-state index is 11.4. The Bertz CT molecular complexity index is 392. The van der Waals surface area contributed by atoms with E-state index in [4.69, 9.17) is 5.11 Å². The van der Waals surface area contributed by atoms with Gasteiger partial charge in [0, 0.05) is 7.05 Å². The van der Waals surface area contributed by atoms with Crippen molar-refractivity contribution >= 4 is 28.5 Å². The van der Waals surface area contributed by atoms with Crippen LogP contribution in [0.4, 0.5) is 9.93 Å². The largest absolute Gasteiger partial charge is 0.480 e. The predicted octanol–water partition coefficient (Wildman–Crippen LogP) is 0.649. The number of nitrogens with one attached hydrogen (secondary N) is 1. The molecule has 0 saturated carbocycles. The molecule has 0 atom stereocenters. The van der Waals surface area contributed by atoms with Crippen molar-refractivity contribution in [2.75, 3.05) is 18.9 Å². The molecular formula is C8H12N4O3S. The second-order valence-corrected chi connectivity index (χ2v) is 4.10. The minimum Gasteiger partial charge on any atom is -0.480 e. The molecule has 16 heavy (non-hydrogen) atoms. The van der Waals surface area contributed by atoms with Crippen LogP contribution in [0.3, 0.4) is 0 Å². The first-order valence-electron chi connectivity index (χ1n) is 4.59. The molecule has 0 unspecified atom stereocenters. The van der Waals surface area contributed by atoms with E-state index in [0.29, 0.717) is 5.13 Å². The first-order chi connectivity index (χ1) is 7.52. The second kappa shape index (κ2) is 5.40. The molecule has 0 spiro atoms. The molecule has 1 aromatic heterocycles. The molecule has 0 radical (unpaired) electrons. The molecule has 7 nitrogen and oxygen atoms in total. The quantitative estimate of drug-likeness (QED) is 0.810. The lowest BCUT2D eigenvalue weighted by molar-refractivity contribution is -0.137. The SMILES string of the molecule is CCc1nnc(NC(=O)N(C)CC(=O)O)s1. The zero-order valence-electron chi connectivity index (χ0n) is 8.93. The molecule has 1 aromatic rings. The Morgan fingerprint density at radius 2 is 2.19 bits per heavy atom. The average Bonchev–Trinajstić information content (AvgIpc) is 2.64. The third-order valence-corrected chi connectivity index (χ3v) is 2.69. The van der Waals surface area contributed by atoms with Crippen molar-refractivity contribution in [3.8, 4) is 0 Å². The Kier molecular flexibility index (Phi) is 4.18. The van der Waals surface area contributed by atoms with Crippen LogP contribution in [-0.4, -0.2) is 45.8 Å². The number of hydrogen-bond donors (Lipinski definition) is 2. The Morgan fingerprint density at radius 3 is 2.69 bits per heavy atom. The minimum atomic E-state index is -1.07. The molecule has 88 valence electrons. The molecule has 0 aromatic carbocycles. The highest BCUT2D eigenvalue weighted by molar-refractivity contribution is 7.15. The summed E-state index contributed by atoms with van der Waals surface area (Å²) in [7, 11) is 1.39. The number of rotatable bonds is 4. The van der Waals surface area contributed by atoms with Gasteiger partial charge in [-0.3, -0.25) is 10.1 Å². The number of aromatic nitrogens is 2. The van der Waals surface area contributed by atoms with Gasteiger partial charge in [0.25, 0.3) is 0 Å². The number of carbonyl (C=O) groups excluding carboxylic acids is 1. The fraction of sp³-hybridized carbons (Fsp3) is 0.500. The van der Waals surface area contributed by atoms with Crippen LogP contribution in [0.1, 0.15) is 11.9 Å². The van der Waals surface area contributed by atoms with Crippen molar-refractivity contribution in [1.29, 1.82) is 0 Å². The van der Waals surface area contributed by atoms with Crippen LogP contribution in [-0.2, 0) is 11.2 Å². The number of nitrogens with zero attached hydrogens (tertiary/aromatic N) is 3. The zero-order chi connectivity index (χ0) is 12.1. The number of anilines is 1. The third-order valence-electron chi connectivity index (χ3n) is 1.70. The lowest BCUT2D eigenvalue weighted by Gasteiger charge is -2.13. The van der Waals surface area contributed by atoms with E-state index in [1.54, 1.807) is 0 Å². The third kappa shape index (κ3) is 3.46. The first-order valence-corrected chi connectivity index (χ1v) is 5.41. The molecule has 0 bridgehead atoms. The van der Waals surface area contributed by atoms with Crippen LogP contribution in [0.2, 0.25) is 0 Å². The summed E-state index contributed by atoms with van der Waals surface area (Å²) in [5, 5.41) is 19.7. The molecule has 2 N–H and O–H groups in total. The van der Waals surface area contributed by atoms with Crippen LogP contribution >= 0.6 is 11.3 Å². The van der Waals surface area contributed by atoms with E-state index in [9.17, 15) is 9.59 Å². The molecule has 0 aliphatic rings. The van der Waals surface area contributed by atoms with E-state index < -0.39 is 12.0 Å². The lowest BCUT2D eigenvalue weighted by atomic mass is 10.5. The van der Waals surface area contributed by atoms with Gasteiger partial charge >= 0.3 is 12.0 Å². The molecule has 0 fully saturated rings. The number of carbonyl (C=O) groups is 2. The van der Waals surface area contributed by atoms with Crippen LogP contribution in [0.5, 0.6) is 0 Å². The highest BCUT2D eigenvalue weighted by Gasteiger charge is 2.13. The molecule has 0 saturated heterocycles. The summed E-state index contributed by atoms with van der Waals surface area (Å²) in [6, 6.07) is -0.513. The average molecular weight is 244 g/mol. The van der Waals surface area contributed by atoms with Gasteiger partial charge in [-0.2, -0.15) is 0 Å². The maximum absolute atomic E-state index is 11.4. The van der Waals surface area contributed by atoms with Crippen molar-refractivity contribution in [3.05, 3.63) is 5.01 Å². The second-order valence-electron chi connectivity index (χ2n) is 3.03. The van der Waals surface area contributed by atoms with Gasteiger partial charge in [0.2, 0.25) is 5.13 Å². The molecule has 8 heteroatoms. The Balaban J connectivity index is 2.53. The van der Waals surface area contributed by atoms with Gasteiger partial charge in [-0.15, -0.1) is 10.2 Å². The number of likely N-dealkylation sites (N-methyl/N-ethyl adjacent to an activating group) is 1. The zero-order valence-corrected chi connectivity index (χ0v) is 9.74. The summed E-state index contributed by atoms with van der Waals surface area (Å²) in [4.78, 5) is 22.9. The number of carboxylic acid groups (broad SMARTS) is 1. The van der Waals surface area contributed by atoms with Gasteiger partial charge in [0.1, 0.15) is 11.6 Å². The summed E-state index contributed by atoms with van der Waals surface area (Å²) in [6.45, 7) is 1.58. The first kappa shape index (κ1) is 12.4. The summed E-state index contributed by atoms with van der Waals surface area (Å²) < 4.78 is 0. The number of aliphatic carboxylic acids is 1. The molecule has 0 aliphatic carbocycles. The fourth-order valence-corrected chi connectivity index (χ4v) is 1.58. The summed E-state index contributed by atoms with van der Waals surface area (Å²) >= 11 is 1.27. The van der Waals surface area contributed by atoms with Crippen molar-refractivity contribution in [3.63, 3.8) is 0 Å². The van der Waals surface area contributed by atoms with E-state index >= 15 is 0 Å². The molecule has 1 heterocycles. The number of hydrogen-bond acceptors (Lipinski definition) is 5. The van der Waals surface area contributed by atoms with Crippen molar-refractivity contribution in [1.82, 2.24) is 15.1 Å². The lowest BCUT2D eigenvalue weighted by Crippen LogP contribution is -2.35. The normalized spacial score (nSPS) is 9.88. The number of amides is 2. The Morgan fingerprint density at radius 1 is 1.50 bits per heavy atom. The van der Waals surface area contributed by atoms with E-state index in [-0.39, 0.29) is 6.54 Å². The van der Waals surface area contributed by atoms with E-state index in [2.05, 4.69) is 15.5 Å². The van der Waals surface area contributed by atoms with Crippen LogP contribution < -0.4 is 5.32 Å². The monoisotopic (exact) mass is 244 g/mol. The Hall–Kier alpha value is -1.70. The van der Waals surface area contributed by atoms with E-state index in [0.717, 1.165) is 16.3 Å². The van der Waals surface area contributed by atoms with Crippen molar-refractivity contribution < 1.29 is 14.7 Å². The summed E-state index contributed by atoms with van der Waals surface area (Å²) in [5.74, 6) is -1.07. The van der Waals surface area contributed by atoms with Crippen molar-refractivity contribution in [2.24, 2.45) is 0 Å². The van der Waals surface area contributed by atoms with Gasteiger partial charge in [0.05, 0.1) is 0 Å². The Labute approximate surface area is 96.1 Å². The van der Waals surface area contributed by atoms with Crippen LogP contribution in [0.25, 0.3) is 0 Å². The topological polar surface area (TPSA) is 95.4 Å². The van der Waals surface area contributed by atoms with Crippen LogP contribution in [0.15, 0.2) is 0 Å². The molecular weight excluding hydrogens is 232 g/mol. The molecule has 0 aliphatic heterocycles. The molecule has 2 amide bonds. The van der Waals surface area contributed by atoms with Gasteiger partial charge in [-0.05, 0) is 6.42 Å². The fourth-order valence-electron chi connectivity index (χ4n) is 0.909. The summed E-state index contributed by atoms with van der Waals surface area (Å²) in [5.41, 5.74) is 0. The number of carboxylic acids is 1. The van der Waals surface area contributed by atoms with Crippen molar-refractivity contribution in [2.45, 2.75) is 13.3 Å². The van der Waals surface area contributed by atoms with Gasteiger partial charge in [-0.1, -0.05) is 18.3 Å². The van der Waals surface area contributed by atoms with Gasteiger partial charge in [0.15, 0.2) is 0 Å². The van der Waals surface area contributed by atoms with E-state index in [1.807, 2.05) is 6.92 Å². The number of aryl methyl sites for hydroxylation is 1. The number of urea groups is 1. The maximum Gasteiger partial charge on any atom is 0.323 e. The van der Waals surface area contributed by atoms with E-state index in [1.165, 1.54) is 18.4 Å². The standard InChI is InChI=1S/C8H12N4O3S/c1-3-5-10-11-7(16-5)9-8(15)12(2)4-6(13)14/h3-4H2,1-2H3,(H,13,14)(H,9,11,15). The summed E-state index contributed by atoms with van der Waals surface area (Å²) in [6.07, 6.45) is 0.749. The minimum absolute atomic E-state index is 0.356. The van der Waals surface area contributed by atoms with Gasteiger partial charge in [-0.25, -0.2) is 4.79 Å².